The van der Waals surface area contributed by atoms with Gasteiger partial charge in [-0.2, -0.15) is 0 Å². The van der Waals surface area contributed by atoms with E-state index < -0.39 is 5.97 Å². The molecule has 3 aromatic heterocycles. The van der Waals surface area contributed by atoms with E-state index in [-0.39, 0.29) is 17.8 Å². The van der Waals surface area contributed by atoms with E-state index in [9.17, 15) is 9.59 Å². The number of ether oxygens (including phenoxy) is 2. The lowest BCUT2D eigenvalue weighted by molar-refractivity contribution is -0.113. The molecule has 1 aliphatic rings. The van der Waals surface area contributed by atoms with Gasteiger partial charge in [-0.15, -0.1) is 21.5 Å². The number of aryl methyl sites for hydroxylation is 1. The minimum absolute atomic E-state index is 0.0619. The van der Waals surface area contributed by atoms with Gasteiger partial charge in [0.05, 0.1) is 31.8 Å². The number of aromatic nitrogens is 3. The summed E-state index contributed by atoms with van der Waals surface area (Å²) in [5.41, 5.74) is 3.06. The molecule has 4 aromatic rings. The first kappa shape index (κ1) is 25.2. The van der Waals surface area contributed by atoms with E-state index in [1.807, 2.05) is 47.2 Å². The van der Waals surface area contributed by atoms with Crippen molar-refractivity contribution in [2.75, 3.05) is 24.8 Å². The number of nitrogens with zero attached hydrogens (tertiary/aromatic N) is 3. The fourth-order valence-electron chi connectivity index (χ4n) is 4.13. The number of thiophene rings is 1. The van der Waals surface area contributed by atoms with Gasteiger partial charge in [0.25, 0.3) is 0 Å². The largest absolute Gasteiger partial charge is 0.465 e. The Balaban J connectivity index is 1.32. The number of esters is 1. The molecule has 1 saturated heterocycles. The highest BCUT2D eigenvalue weighted by molar-refractivity contribution is 7.99. The number of nitrogens with one attached hydrogen (secondary N) is 1. The topological polar surface area (TPSA) is 108 Å². The lowest BCUT2D eigenvalue weighted by atomic mass is 10.0. The molecule has 1 aromatic carbocycles. The van der Waals surface area contributed by atoms with Crippen LogP contribution in [-0.2, 0) is 20.8 Å². The fraction of sp³-hybridized carbons (Fsp3) is 0.308. The van der Waals surface area contributed by atoms with Crippen LogP contribution in [0.2, 0.25) is 0 Å². The Kier molecular flexibility index (Phi) is 7.73. The summed E-state index contributed by atoms with van der Waals surface area (Å²) in [5, 5.41) is 14.4. The third-order valence-electron chi connectivity index (χ3n) is 6.00. The number of carbonyl (C=O) groups is 2. The number of furan rings is 1. The van der Waals surface area contributed by atoms with E-state index in [0.717, 1.165) is 36.1 Å². The maximum absolute atomic E-state index is 13.0. The van der Waals surface area contributed by atoms with E-state index in [1.54, 1.807) is 12.3 Å². The lowest BCUT2D eigenvalue weighted by Crippen LogP contribution is -2.18. The number of hydrogen-bond donors (Lipinski definition) is 1. The summed E-state index contributed by atoms with van der Waals surface area (Å²) in [6, 6.07) is 11.5. The molecule has 1 unspecified atom stereocenters. The molecule has 1 amide bonds. The van der Waals surface area contributed by atoms with Crippen molar-refractivity contribution in [2.45, 2.75) is 37.6 Å². The van der Waals surface area contributed by atoms with Gasteiger partial charge in [0, 0.05) is 17.6 Å². The Morgan fingerprint density at radius 3 is 2.78 bits per heavy atom. The third-order valence-corrected chi connectivity index (χ3v) is 7.86. The fourth-order valence-corrected chi connectivity index (χ4v) is 5.85. The molecule has 5 rings (SSSR count). The van der Waals surface area contributed by atoms with Crippen molar-refractivity contribution in [1.82, 2.24) is 14.8 Å². The molecular weight excluding hydrogens is 512 g/mol. The molecule has 1 aliphatic heterocycles. The Labute approximate surface area is 222 Å². The van der Waals surface area contributed by atoms with Crippen LogP contribution in [0.5, 0.6) is 0 Å². The number of hydrogen-bond acceptors (Lipinski definition) is 9. The lowest BCUT2D eigenvalue weighted by Gasteiger charge is -2.14. The van der Waals surface area contributed by atoms with Gasteiger partial charge in [-0.25, -0.2) is 4.79 Å². The summed E-state index contributed by atoms with van der Waals surface area (Å²) in [4.78, 5) is 25.6. The number of methoxy groups -OCH3 is 1. The quantitative estimate of drug-likeness (QED) is 0.227. The van der Waals surface area contributed by atoms with Crippen LogP contribution in [0.4, 0.5) is 5.00 Å². The van der Waals surface area contributed by atoms with Crippen molar-refractivity contribution in [2.24, 2.45) is 0 Å². The van der Waals surface area contributed by atoms with Crippen LogP contribution in [-0.4, -0.2) is 52.2 Å². The molecule has 0 spiro atoms. The molecule has 192 valence electrons. The summed E-state index contributed by atoms with van der Waals surface area (Å²) < 4.78 is 18.3. The SMILES string of the molecule is COC(=O)c1c(-c2ccc(C)cc2)csc1NC(=O)CSc1nnc(-c2ccco2)n1CC1CCCO1. The Bertz CT molecular complexity index is 1370. The minimum atomic E-state index is -0.501. The summed E-state index contributed by atoms with van der Waals surface area (Å²) >= 11 is 2.56. The Hall–Kier alpha value is -3.41. The summed E-state index contributed by atoms with van der Waals surface area (Å²) in [6.07, 6.45) is 3.62. The first-order valence-electron chi connectivity index (χ1n) is 11.8. The van der Waals surface area contributed by atoms with Crippen molar-refractivity contribution in [3.05, 3.63) is 59.2 Å². The number of amides is 1. The summed E-state index contributed by atoms with van der Waals surface area (Å²) in [7, 11) is 1.33. The van der Waals surface area contributed by atoms with Crippen LogP contribution in [0.15, 0.2) is 57.6 Å². The molecule has 1 fully saturated rings. The first-order valence-corrected chi connectivity index (χ1v) is 13.7. The highest BCUT2D eigenvalue weighted by atomic mass is 32.2. The summed E-state index contributed by atoms with van der Waals surface area (Å²) in [5.74, 6) is 0.516. The average molecular weight is 539 g/mol. The molecule has 0 bridgehead atoms. The monoisotopic (exact) mass is 538 g/mol. The Morgan fingerprint density at radius 1 is 1.24 bits per heavy atom. The normalized spacial score (nSPS) is 15.1. The zero-order valence-electron chi connectivity index (χ0n) is 20.4. The van der Waals surface area contributed by atoms with E-state index >= 15 is 0 Å². The van der Waals surface area contributed by atoms with Crippen LogP contribution in [0.25, 0.3) is 22.7 Å². The molecule has 0 saturated carbocycles. The van der Waals surface area contributed by atoms with E-state index in [0.29, 0.717) is 33.9 Å². The number of thioether (sulfide) groups is 1. The van der Waals surface area contributed by atoms with Gasteiger partial charge in [-0.3, -0.25) is 9.36 Å². The smallest absolute Gasteiger partial charge is 0.341 e. The van der Waals surface area contributed by atoms with E-state index in [1.165, 1.54) is 30.2 Å². The highest BCUT2D eigenvalue weighted by Crippen LogP contribution is 2.36. The number of benzene rings is 1. The molecule has 0 aliphatic carbocycles. The second kappa shape index (κ2) is 11.3. The maximum atomic E-state index is 13.0. The zero-order chi connectivity index (χ0) is 25.8. The second-order valence-electron chi connectivity index (χ2n) is 8.58. The molecule has 9 nitrogen and oxygen atoms in total. The van der Waals surface area contributed by atoms with Gasteiger partial charge in [0.15, 0.2) is 10.9 Å². The van der Waals surface area contributed by atoms with Crippen LogP contribution < -0.4 is 5.32 Å². The minimum Gasteiger partial charge on any atom is -0.465 e. The number of anilines is 1. The van der Waals surface area contributed by atoms with E-state index in [2.05, 4.69) is 15.5 Å². The van der Waals surface area contributed by atoms with Crippen molar-refractivity contribution in [3.63, 3.8) is 0 Å². The molecule has 1 atom stereocenters. The second-order valence-corrected chi connectivity index (χ2v) is 10.4. The van der Waals surface area contributed by atoms with Gasteiger partial charge in [0.1, 0.15) is 10.6 Å². The molecule has 4 heterocycles. The average Bonchev–Trinajstić information content (AvgIpc) is 3.71. The van der Waals surface area contributed by atoms with Crippen molar-refractivity contribution < 1.29 is 23.5 Å². The maximum Gasteiger partial charge on any atom is 0.341 e. The first-order chi connectivity index (χ1) is 18.0. The number of carbonyl (C=O) groups excluding carboxylic acids is 2. The van der Waals surface area contributed by atoms with Gasteiger partial charge >= 0.3 is 5.97 Å². The van der Waals surface area contributed by atoms with Gasteiger partial charge in [-0.05, 0) is 37.5 Å². The zero-order valence-corrected chi connectivity index (χ0v) is 22.1. The molecule has 11 heteroatoms. The van der Waals surface area contributed by atoms with Crippen LogP contribution in [0, 0.1) is 6.92 Å². The van der Waals surface area contributed by atoms with Gasteiger partial charge < -0.3 is 19.2 Å². The Morgan fingerprint density at radius 2 is 2.08 bits per heavy atom. The van der Waals surface area contributed by atoms with Crippen LogP contribution >= 0.6 is 23.1 Å². The third kappa shape index (κ3) is 5.63. The predicted octanol–water partition coefficient (Wildman–Crippen LogP) is 5.27. The predicted molar refractivity (Wildman–Crippen MR) is 142 cm³/mol. The molecule has 0 radical (unpaired) electrons. The summed E-state index contributed by atoms with van der Waals surface area (Å²) in [6.45, 7) is 3.31. The van der Waals surface area contributed by atoms with Gasteiger partial charge in [0.2, 0.25) is 11.7 Å². The molecule has 1 N–H and O–H groups in total. The van der Waals surface area contributed by atoms with Crippen molar-refractivity contribution >= 4 is 40.0 Å². The highest BCUT2D eigenvalue weighted by Gasteiger charge is 2.25. The van der Waals surface area contributed by atoms with Crippen molar-refractivity contribution in [3.8, 4) is 22.7 Å². The molecule has 37 heavy (non-hydrogen) atoms. The standard InChI is InChI=1S/C26H26N4O5S2/c1-16-7-9-17(10-8-16)19-14-36-24(22(19)25(32)33-2)27-21(31)15-37-26-29-28-23(20-6-4-12-35-20)30(26)13-18-5-3-11-34-18/h4,6-10,12,14,18H,3,5,11,13,15H2,1-2H3,(H,27,31). The van der Waals surface area contributed by atoms with Crippen LogP contribution in [0.1, 0.15) is 28.8 Å². The van der Waals surface area contributed by atoms with Crippen molar-refractivity contribution in [1.29, 1.82) is 0 Å². The molecular formula is C26H26N4O5S2. The van der Waals surface area contributed by atoms with Crippen LogP contribution in [0.3, 0.4) is 0 Å². The van der Waals surface area contributed by atoms with E-state index in [4.69, 9.17) is 13.9 Å². The van der Waals surface area contributed by atoms with Gasteiger partial charge in [-0.1, -0.05) is 41.6 Å². The number of rotatable bonds is 9.